The molecule has 1 amide bonds. The Labute approximate surface area is 233 Å². The van der Waals surface area contributed by atoms with E-state index in [4.69, 9.17) is 16.1 Å². The van der Waals surface area contributed by atoms with Crippen molar-refractivity contribution >= 4 is 34.7 Å². The largest absolute Gasteiger partial charge is 0.431 e. The maximum Gasteiger partial charge on any atom is 0.431 e. The van der Waals surface area contributed by atoms with Crippen LogP contribution in [0, 0.1) is 5.41 Å². The molecule has 40 heavy (non-hydrogen) atoms. The predicted octanol–water partition coefficient (Wildman–Crippen LogP) is 4.86. The number of fused-ring (bicyclic) bond motifs is 1. The summed E-state index contributed by atoms with van der Waals surface area (Å²) in [6, 6.07) is 8.34. The molecular weight excluding hydrogens is 541 g/mol. The van der Waals surface area contributed by atoms with Crippen LogP contribution in [-0.4, -0.2) is 68.5 Å². The summed E-state index contributed by atoms with van der Waals surface area (Å²) in [5, 5.41) is 16.8. The van der Waals surface area contributed by atoms with Crippen molar-refractivity contribution in [1.29, 1.82) is 5.41 Å². The zero-order valence-corrected chi connectivity index (χ0v) is 23.0. The third kappa shape index (κ3) is 6.05. The van der Waals surface area contributed by atoms with Gasteiger partial charge < -0.3 is 16.5 Å². The SMILES string of the molecule is CCN(CC)C(C)CNC(=O)c1cc(C(C=N)=C(N)C(F)(F)F)nc(-c2cnn3ccc(-c4cccs4)nc23)c1. The lowest BCUT2D eigenvalue weighted by Crippen LogP contribution is -2.42. The molecule has 4 N–H and O–H groups in total. The van der Waals surface area contributed by atoms with Gasteiger partial charge in [0.25, 0.3) is 5.91 Å². The van der Waals surface area contributed by atoms with Crippen LogP contribution in [0.4, 0.5) is 13.2 Å². The molecule has 1 atom stereocenters. The van der Waals surface area contributed by atoms with E-state index in [-0.39, 0.29) is 23.0 Å². The molecule has 0 aliphatic carbocycles. The van der Waals surface area contributed by atoms with Crippen molar-refractivity contribution in [2.75, 3.05) is 19.6 Å². The zero-order valence-electron chi connectivity index (χ0n) is 22.2. The van der Waals surface area contributed by atoms with Gasteiger partial charge in [-0.3, -0.25) is 9.69 Å². The second kappa shape index (κ2) is 12.0. The number of likely N-dealkylation sites (N-methyl/N-ethyl adjacent to an activating group) is 1. The van der Waals surface area contributed by atoms with Crippen LogP contribution in [0.3, 0.4) is 0 Å². The average Bonchev–Trinajstić information content (AvgIpc) is 3.62. The van der Waals surface area contributed by atoms with Gasteiger partial charge in [0.15, 0.2) is 5.65 Å². The van der Waals surface area contributed by atoms with Crippen LogP contribution in [0.2, 0.25) is 0 Å². The molecule has 0 saturated heterocycles. The van der Waals surface area contributed by atoms with Crippen molar-refractivity contribution in [3.05, 3.63) is 65.1 Å². The molecule has 0 bridgehead atoms. The minimum atomic E-state index is -4.90. The lowest BCUT2D eigenvalue weighted by atomic mass is 10.0. The van der Waals surface area contributed by atoms with Crippen molar-refractivity contribution in [2.45, 2.75) is 33.0 Å². The first-order valence-corrected chi connectivity index (χ1v) is 13.5. The Morgan fingerprint density at radius 1 is 1.23 bits per heavy atom. The summed E-state index contributed by atoms with van der Waals surface area (Å²) in [6.45, 7) is 7.95. The number of allylic oxidation sites excluding steroid dienone is 2. The van der Waals surface area contributed by atoms with Crippen LogP contribution in [0.25, 0.3) is 33.0 Å². The number of nitrogens with two attached hydrogens (primary N) is 1. The number of hydrogen-bond donors (Lipinski definition) is 3. The van der Waals surface area contributed by atoms with Gasteiger partial charge in [0.2, 0.25) is 0 Å². The maximum absolute atomic E-state index is 13.5. The molecule has 4 aromatic rings. The molecule has 0 radical (unpaired) electrons. The van der Waals surface area contributed by atoms with E-state index in [1.807, 2.05) is 38.3 Å². The number of thiophene rings is 1. The highest BCUT2D eigenvalue weighted by Crippen LogP contribution is 2.31. The molecule has 0 aromatic carbocycles. The first kappa shape index (κ1) is 28.9. The summed E-state index contributed by atoms with van der Waals surface area (Å²) in [5.74, 6) is -0.498. The first-order valence-electron chi connectivity index (χ1n) is 12.6. The minimum Gasteiger partial charge on any atom is -0.394 e. The average molecular weight is 571 g/mol. The Morgan fingerprint density at radius 3 is 2.60 bits per heavy atom. The highest BCUT2D eigenvalue weighted by molar-refractivity contribution is 7.13. The number of nitrogens with zero attached hydrogens (tertiary/aromatic N) is 5. The van der Waals surface area contributed by atoms with Gasteiger partial charge in [-0.05, 0) is 49.7 Å². The van der Waals surface area contributed by atoms with E-state index in [0.717, 1.165) is 18.0 Å². The van der Waals surface area contributed by atoms with E-state index in [1.54, 1.807) is 12.3 Å². The fraction of sp³-hybridized carbons (Fsp3) is 0.296. The third-order valence-electron chi connectivity index (χ3n) is 6.52. The lowest BCUT2D eigenvalue weighted by Gasteiger charge is -2.26. The normalized spacial score (nSPS) is 13.4. The topological polar surface area (TPSA) is 125 Å². The summed E-state index contributed by atoms with van der Waals surface area (Å²) in [4.78, 5) is 25.4. The Balaban J connectivity index is 1.83. The third-order valence-corrected chi connectivity index (χ3v) is 7.41. The monoisotopic (exact) mass is 570 g/mol. The van der Waals surface area contributed by atoms with Crippen molar-refractivity contribution in [1.82, 2.24) is 29.8 Å². The van der Waals surface area contributed by atoms with Crippen molar-refractivity contribution in [3.63, 3.8) is 0 Å². The summed E-state index contributed by atoms with van der Waals surface area (Å²) < 4.78 is 42.1. The number of nitrogens with one attached hydrogen (secondary N) is 2. The first-order chi connectivity index (χ1) is 19.1. The molecule has 4 heterocycles. The van der Waals surface area contributed by atoms with E-state index in [1.165, 1.54) is 34.2 Å². The van der Waals surface area contributed by atoms with Gasteiger partial charge in [0.1, 0.15) is 5.70 Å². The van der Waals surface area contributed by atoms with Crippen LogP contribution in [-0.2, 0) is 0 Å². The van der Waals surface area contributed by atoms with Gasteiger partial charge in [-0.1, -0.05) is 19.9 Å². The van der Waals surface area contributed by atoms with Gasteiger partial charge in [0, 0.05) is 36.1 Å². The molecule has 9 nitrogen and oxygen atoms in total. The lowest BCUT2D eigenvalue weighted by molar-refractivity contribution is -0.0919. The van der Waals surface area contributed by atoms with E-state index < -0.39 is 23.4 Å². The van der Waals surface area contributed by atoms with Crippen molar-refractivity contribution in [2.24, 2.45) is 5.73 Å². The summed E-state index contributed by atoms with van der Waals surface area (Å²) in [5.41, 5.74) is 4.72. The fourth-order valence-electron chi connectivity index (χ4n) is 4.31. The van der Waals surface area contributed by atoms with Gasteiger partial charge in [-0.25, -0.2) is 14.5 Å². The minimum absolute atomic E-state index is 0.0390. The Morgan fingerprint density at radius 2 is 1.98 bits per heavy atom. The number of rotatable bonds is 10. The van der Waals surface area contributed by atoms with E-state index in [2.05, 4.69) is 20.3 Å². The Hall–Kier alpha value is -4.10. The molecule has 4 rings (SSSR count). The van der Waals surface area contributed by atoms with Crippen LogP contribution in [0.5, 0.6) is 0 Å². The van der Waals surface area contributed by atoms with Gasteiger partial charge in [0.05, 0.1) is 33.7 Å². The zero-order chi connectivity index (χ0) is 29.0. The van der Waals surface area contributed by atoms with E-state index in [0.29, 0.717) is 29.7 Å². The molecule has 1 unspecified atom stereocenters. The molecule has 0 spiro atoms. The molecule has 0 saturated carbocycles. The molecule has 4 aromatic heterocycles. The number of carbonyl (C=O) groups is 1. The summed E-state index contributed by atoms with van der Waals surface area (Å²) in [7, 11) is 0. The summed E-state index contributed by atoms with van der Waals surface area (Å²) in [6.07, 6.45) is -1.20. The highest BCUT2D eigenvalue weighted by Gasteiger charge is 2.35. The number of amides is 1. The molecule has 0 aliphatic rings. The quantitative estimate of drug-likeness (QED) is 0.234. The number of carbonyl (C=O) groups excluding carboxylic acids is 1. The Kier molecular flexibility index (Phi) is 8.64. The van der Waals surface area contributed by atoms with Gasteiger partial charge in [-0.2, -0.15) is 18.3 Å². The van der Waals surface area contributed by atoms with Crippen molar-refractivity contribution < 1.29 is 18.0 Å². The standard InChI is InChI=1S/C27H29F3N8OS/c1-4-37(5-2)16(3)14-33-26(39)17-11-21(18(13-31)24(32)27(28,29)30)35-22(12-17)19-15-34-38-9-8-20(36-25(19)38)23-7-6-10-40-23/h6-13,15-16,31H,4-5,14,32H2,1-3H3,(H,33,39). The second-order valence-corrected chi connectivity index (χ2v) is 9.94. The molecule has 210 valence electrons. The number of halogens is 3. The molecule has 13 heteroatoms. The van der Waals surface area contributed by atoms with Gasteiger partial charge in [-0.15, -0.1) is 11.3 Å². The number of alkyl halides is 3. The Bertz CT molecular complexity index is 1540. The molecule has 0 fully saturated rings. The van der Waals surface area contributed by atoms with Gasteiger partial charge >= 0.3 is 6.18 Å². The van der Waals surface area contributed by atoms with Crippen LogP contribution >= 0.6 is 11.3 Å². The number of pyridine rings is 1. The van der Waals surface area contributed by atoms with E-state index >= 15 is 0 Å². The molecule has 0 aliphatic heterocycles. The predicted molar refractivity (Wildman–Crippen MR) is 150 cm³/mol. The maximum atomic E-state index is 13.5. The van der Waals surface area contributed by atoms with Crippen LogP contribution in [0.15, 0.2) is 53.8 Å². The second-order valence-electron chi connectivity index (χ2n) is 8.99. The van der Waals surface area contributed by atoms with Crippen molar-refractivity contribution in [3.8, 4) is 21.8 Å². The summed E-state index contributed by atoms with van der Waals surface area (Å²) >= 11 is 1.51. The number of hydrogen-bond acceptors (Lipinski definition) is 8. The van der Waals surface area contributed by atoms with Crippen LogP contribution in [0.1, 0.15) is 36.8 Å². The fourth-order valence-corrected chi connectivity index (χ4v) is 5.00. The van der Waals surface area contributed by atoms with E-state index in [9.17, 15) is 18.0 Å². The van der Waals surface area contributed by atoms with Crippen LogP contribution < -0.4 is 11.1 Å². The molecular formula is C27H29F3N8OS. The smallest absolute Gasteiger partial charge is 0.394 e. The number of aromatic nitrogens is 4. The highest BCUT2D eigenvalue weighted by atomic mass is 32.1.